The van der Waals surface area contributed by atoms with E-state index in [1.54, 1.807) is 31.7 Å². The van der Waals surface area contributed by atoms with Gasteiger partial charge in [-0.05, 0) is 31.2 Å². The van der Waals surface area contributed by atoms with Gasteiger partial charge in [-0.2, -0.15) is 0 Å². The molecule has 0 atom stereocenters. The Morgan fingerprint density at radius 2 is 1.80 bits per heavy atom. The molecule has 4 rings (SSSR count). The highest BCUT2D eigenvalue weighted by Gasteiger charge is 2.21. The van der Waals surface area contributed by atoms with Crippen LogP contribution in [0.2, 0.25) is 0 Å². The average Bonchev–Trinajstić information content (AvgIpc) is 3.50. The molecule has 1 aliphatic heterocycles. The zero-order valence-corrected chi connectivity index (χ0v) is 20.0. The summed E-state index contributed by atoms with van der Waals surface area (Å²) in [5.74, 6) is 0.551. The van der Waals surface area contributed by atoms with Crippen LogP contribution in [-0.4, -0.2) is 50.3 Å². The molecule has 0 fully saturated rings. The van der Waals surface area contributed by atoms with E-state index in [4.69, 9.17) is 23.7 Å². The number of methoxy groups -OCH3 is 2. The number of ketones is 1. The average molecular weight is 499 g/mol. The molecular weight excluding hydrogens is 476 g/mol. The number of esters is 1. The van der Waals surface area contributed by atoms with Gasteiger partial charge in [-0.15, -0.1) is 11.3 Å². The predicted molar refractivity (Wildman–Crippen MR) is 127 cm³/mol. The van der Waals surface area contributed by atoms with E-state index in [1.165, 1.54) is 30.4 Å². The topological polar surface area (TPSA) is 122 Å². The normalized spacial score (nSPS) is 11.6. The molecule has 1 aliphatic rings. The number of rotatable bonds is 9. The van der Waals surface area contributed by atoms with Crippen molar-refractivity contribution in [3.63, 3.8) is 0 Å². The maximum absolute atomic E-state index is 12.3. The molecule has 2 aromatic carbocycles. The summed E-state index contributed by atoms with van der Waals surface area (Å²) < 4.78 is 26.2. The van der Waals surface area contributed by atoms with Crippen molar-refractivity contribution >= 4 is 34.7 Å². The Morgan fingerprint density at radius 3 is 2.51 bits per heavy atom. The first kappa shape index (κ1) is 24.0. The number of thiazole rings is 1. The fourth-order valence-corrected chi connectivity index (χ4v) is 4.17. The van der Waals surface area contributed by atoms with E-state index in [9.17, 15) is 14.4 Å². The lowest BCUT2D eigenvalue weighted by molar-refractivity contribution is -0.146. The van der Waals surface area contributed by atoms with Crippen LogP contribution in [-0.2, 0) is 20.7 Å². The summed E-state index contributed by atoms with van der Waals surface area (Å²) in [5, 5.41) is 5.03. The summed E-state index contributed by atoms with van der Waals surface area (Å²) in [5.41, 5.74) is 1.84. The van der Waals surface area contributed by atoms with Gasteiger partial charge in [-0.25, -0.2) is 4.98 Å². The maximum atomic E-state index is 12.3. The minimum Gasteiger partial charge on any atom is -0.493 e. The zero-order chi connectivity index (χ0) is 24.9. The van der Waals surface area contributed by atoms with Crippen LogP contribution in [0.3, 0.4) is 0 Å². The van der Waals surface area contributed by atoms with Gasteiger partial charge in [0.2, 0.25) is 6.79 Å². The standard InChI is InChI=1S/C24H22N2O8S/c1-13(27)16-8-20-21(34-12-33-20)9-17(16)26-22(28)10-32-23(29)7-15-11-35-24(25-15)14-4-5-18(30-2)19(6-14)31-3/h4-6,8-9,11H,7,10,12H2,1-3H3,(H,26,28). The molecule has 0 radical (unpaired) electrons. The quantitative estimate of drug-likeness (QED) is 0.349. The minimum atomic E-state index is -0.609. The zero-order valence-electron chi connectivity index (χ0n) is 19.2. The third-order valence-electron chi connectivity index (χ3n) is 5.04. The molecule has 0 unspecified atom stereocenters. The van der Waals surface area contributed by atoms with Gasteiger partial charge in [-0.1, -0.05) is 0 Å². The third-order valence-corrected chi connectivity index (χ3v) is 5.98. The summed E-state index contributed by atoms with van der Waals surface area (Å²) in [6.45, 7) is 0.890. The second-order valence-electron chi connectivity index (χ2n) is 7.41. The Kier molecular flexibility index (Phi) is 7.16. The van der Waals surface area contributed by atoms with Crippen molar-refractivity contribution < 1.29 is 38.1 Å². The summed E-state index contributed by atoms with van der Waals surface area (Å²) >= 11 is 1.37. The molecule has 0 saturated carbocycles. The number of hydrogen-bond acceptors (Lipinski definition) is 10. The number of benzene rings is 2. The van der Waals surface area contributed by atoms with Crippen LogP contribution < -0.4 is 24.3 Å². The first-order valence-corrected chi connectivity index (χ1v) is 11.3. The van der Waals surface area contributed by atoms with Crippen molar-refractivity contribution in [3.8, 4) is 33.6 Å². The van der Waals surface area contributed by atoms with Crippen molar-refractivity contribution in [1.82, 2.24) is 4.98 Å². The second-order valence-corrected chi connectivity index (χ2v) is 8.26. The van der Waals surface area contributed by atoms with Crippen molar-refractivity contribution in [1.29, 1.82) is 0 Å². The molecule has 2 heterocycles. The number of carbonyl (C=O) groups excluding carboxylic acids is 3. The number of nitrogens with zero attached hydrogens (tertiary/aromatic N) is 1. The van der Waals surface area contributed by atoms with Gasteiger partial charge in [0.1, 0.15) is 5.01 Å². The van der Waals surface area contributed by atoms with E-state index in [2.05, 4.69) is 10.3 Å². The number of nitrogens with one attached hydrogen (secondary N) is 1. The van der Waals surface area contributed by atoms with Crippen LogP contribution in [0.5, 0.6) is 23.0 Å². The van der Waals surface area contributed by atoms with Gasteiger partial charge in [0.05, 0.1) is 32.0 Å². The molecule has 35 heavy (non-hydrogen) atoms. The van der Waals surface area contributed by atoms with Crippen molar-refractivity contribution in [2.75, 3.05) is 32.9 Å². The maximum Gasteiger partial charge on any atom is 0.312 e. The van der Waals surface area contributed by atoms with Crippen LogP contribution in [0.25, 0.3) is 10.6 Å². The van der Waals surface area contributed by atoms with Gasteiger partial charge in [0.15, 0.2) is 35.4 Å². The fourth-order valence-electron chi connectivity index (χ4n) is 3.36. The van der Waals surface area contributed by atoms with Crippen LogP contribution >= 0.6 is 11.3 Å². The lowest BCUT2D eigenvalue weighted by Gasteiger charge is -2.11. The van der Waals surface area contributed by atoms with E-state index in [0.717, 1.165) is 5.56 Å². The molecule has 1 N–H and O–H groups in total. The number of carbonyl (C=O) groups is 3. The Hall–Kier alpha value is -4.12. The minimum absolute atomic E-state index is 0.0338. The molecule has 182 valence electrons. The molecule has 0 saturated heterocycles. The summed E-state index contributed by atoms with van der Waals surface area (Å²) in [7, 11) is 3.11. The number of ether oxygens (including phenoxy) is 5. The van der Waals surface area contributed by atoms with E-state index in [0.29, 0.717) is 33.7 Å². The monoisotopic (exact) mass is 498 g/mol. The highest BCUT2D eigenvalue weighted by molar-refractivity contribution is 7.13. The van der Waals surface area contributed by atoms with Gasteiger partial charge < -0.3 is 29.0 Å². The predicted octanol–water partition coefficient (Wildman–Crippen LogP) is 3.48. The first-order chi connectivity index (χ1) is 16.9. The van der Waals surface area contributed by atoms with Gasteiger partial charge in [0, 0.05) is 22.6 Å². The van der Waals surface area contributed by atoms with Crippen molar-refractivity contribution in [2.45, 2.75) is 13.3 Å². The smallest absolute Gasteiger partial charge is 0.312 e. The first-order valence-electron chi connectivity index (χ1n) is 10.4. The summed E-state index contributed by atoms with van der Waals surface area (Å²) in [6, 6.07) is 8.43. The molecule has 0 spiro atoms. The summed E-state index contributed by atoms with van der Waals surface area (Å²) in [4.78, 5) is 41.0. The Balaban J connectivity index is 1.34. The largest absolute Gasteiger partial charge is 0.493 e. The molecule has 11 heteroatoms. The van der Waals surface area contributed by atoms with Gasteiger partial charge in [-0.3, -0.25) is 14.4 Å². The Bertz CT molecular complexity index is 1290. The molecule has 1 aromatic heterocycles. The molecule has 3 aromatic rings. The van der Waals surface area contributed by atoms with E-state index >= 15 is 0 Å². The Labute approximate surface area is 204 Å². The fraction of sp³-hybridized carbons (Fsp3) is 0.250. The molecule has 0 aliphatic carbocycles. The van der Waals surface area contributed by atoms with Crippen LogP contribution in [0.1, 0.15) is 23.0 Å². The van der Waals surface area contributed by atoms with Gasteiger partial charge in [0.25, 0.3) is 5.91 Å². The Morgan fingerprint density at radius 1 is 1.06 bits per heavy atom. The number of anilines is 1. The van der Waals surface area contributed by atoms with Crippen LogP contribution in [0, 0.1) is 0 Å². The van der Waals surface area contributed by atoms with Gasteiger partial charge >= 0.3 is 5.97 Å². The van der Waals surface area contributed by atoms with Crippen LogP contribution in [0.15, 0.2) is 35.7 Å². The SMILES string of the molecule is COc1ccc(-c2nc(CC(=O)OCC(=O)Nc3cc4c(cc3C(C)=O)OCO4)cs2)cc1OC. The second kappa shape index (κ2) is 10.4. The van der Waals surface area contributed by atoms with E-state index in [-0.39, 0.29) is 30.2 Å². The third kappa shape index (κ3) is 5.52. The number of hydrogen-bond donors (Lipinski definition) is 1. The molecule has 1 amide bonds. The lowest BCUT2D eigenvalue weighted by atomic mass is 10.1. The molecule has 10 nitrogen and oxygen atoms in total. The van der Waals surface area contributed by atoms with E-state index in [1.807, 2.05) is 6.07 Å². The van der Waals surface area contributed by atoms with Crippen LogP contribution in [0.4, 0.5) is 5.69 Å². The number of aromatic nitrogens is 1. The lowest BCUT2D eigenvalue weighted by Crippen LogP contribution is -2.22. The number of fused-ring (bicyclic) bond motifs is 1. The highest BCUT2D eigenvalue weighted by Crippen LogP contribution is 2.37. The molecule has 0 bridgehead atoms. The van der Waals surface area contributed by atoms with E-state index < -0.39 is 18.5 Å². The van der Waals surface area contributed by atoms with Crippen molar-refractivity contribution in [3.05, 3.63) is 47.0 Å². The summed E-state index contributed by atoms with van der Waals surface area (Å²) in [6.07, 6.45) is -0.0974. The number of amides is 1. The highest BCUT2D eigenvalue weighted by atomic mass is 32.1. The van der Waals surface area contributed by atoms with Crippen molar-refractivity contribution in [2.24, 2.45) is 0 Å². The number of Topliss-reactive ketones (excluding diaryl/α,β-unsaturated/α-hetero) is 1. The molecular formula is C24H22N2O8S.